The zero-order valence-corrected chi connectivity index (χ0v) is 15.7. The normalized spacial score (nSPS) is 10.9. The molecule has 0 bridgehead atoms. The average Bonchev–Trinajstić information content (AvgIpc) is 3.06. The fourth-order valence-corrected chi connectivity index (χ4v) is 2.89. The maximum absolute atomic E-state index is 13.7. The molecule has 3 aromatic rings. The Morgan fingerprint density at radius 1 is 1.21 bits per heavy atom. The lowest BCUT2D eigenvalue weighted by Crippen LogP contribution is -2.38. The van der Waals surface area contributed by atoms with Gasteiger partial charge in [0.15, 0.2) is 5.65 Å². The molecule has 0 saturated carbocycles. The lowest BCUT2D eigenvalue weighted by molar-refractivity contribution is -0.116. The van der Waals surface area contributed by atoms with E-state index in [0.717, 1.165) is 23.5 Å². The van der Waals surface area contributed by atoms with Crippen molar-refractivity contribution in [2.75, 3.05) is 18.4 Å². The highest BCUT2D eigenvalue weighted by Gasteiger charge is 2.23. The Hall–Kier alpha value is -3.36. The Labute approximate surface area is 160 Å². The number of fused-ring (bicyclic) bond motifs is 1. The van der Waals surface area contributed by atoms with E-state index < -0.39 is 29.1 Å². The number of anilines is 1. The first-order valence-electron chi connectivity index (χ1n) is 8.67. The van der Waals surface area contributed by atoms with E-state index in [1.165, 1.54) is 17.2 Å². The lowest BCUT2D eigenvalue weighted by atomic mass is 10.2. The number of likely N-dealkylation sites (N-methyl/N-ethyl adjacent to an activating group) is 1. The van der Waals surface area contributed by atoms with Crippen LogP contribution in [0.25, 0.3) is 5.65 Å². The topological polar surface area (TPSA) is 79.6 Å². The van der Waals surface area contributed by atoms with Gasteiger partial charge in [0.1, 0.15) is 29.4 Å². The summed E-state index contributed by atoms with van der Waals surface area (Å²) in [5.41, 5.74) is 1.65. The van der Waals surface area contributed by atoms with E-state index in [9.17, 15) is 18.4 Å². The summed E-state index contributed by atoms with van der Waals surface area (Å²) in [6.07, 6.45) is 1.40. The second kappa shape index (κ2) is 7.71. The number of aryl methyl sites for hydroxylation is 2. The van der Waals surface area contributed by atoms with Crippen LogP contribution in [-0.4, -0.2) is 44.4 Å². The summed E-state index contributed by atoms with van der Waals surface area (Å²) in [6.45, 7) is 5.20. The van der Waals surface area contributed by atoms with Gasteiger partial charge in [-0.25, -0.2) is 18.3 Å². The van der Waals surface area contributed by atoms with Crippen LogP contribution in [0.3, 0.4) is 0 Å². The number of hydrogen-bond acceptors (Lipinski definition) is 4. The van der Waals surface area contributed by atoms with Gasteiger partial charge >= 0.3 is 0 Å². The highest BCUT2D eigenvalue weighted by molar-refractivity contribution is 6.02. The van der Waals surface area contributed by atoms with Crippen molar-refractivity contribution in [2.24, 2.45) is 0 Å². The van der Waals surface area contributed by atoms with Crippen molar-refractivity contribution in [3.8, 4) is 0 Å². The molecule has 7 nitrogen and oxygen atoms in total. The minimum atomic E-state index is -0.888. The zero-order valence-electron chi connectivity index (χ0n) is 15.7. The summed E-state index contributed by atoms with van der Waals surface area (Å²) in [5, 5.41) is 6.35. The Morgan fingerprint density at radius 3 is 2.54 bits per heavy atom. The van der Waals surface area contributed by atoms with Gasteiger partial charge in [-0.3, -0.25) is 9.59 Å². The van der Waals surface area contributed by atoms with Crippen molar-refractivity contribution >= 4 is 23.1 Å². The van der Waals surface area contributed by atoms with Crippen LogP contribution in [0.5, 0.6) is 0 Å². The van der Waals surface area contributed by atoms with E-state index in [0.29, 0.717) is 5.65 Å². The Kier molecular flexibility index (Phi) is 5.34. The van der Waals surface area contributed by atoms with Crippen LogP contribution in [0.4, 0.5) is 14.5 Å². The molecule has 0 atom stereocenters. The number of carbonyl (C=O) groups excluding carboxylic acids is 2. The van der Waals surface area contributed by atoms with E-state index >= 15 is 0 Å². The number of carbonyl (C=O) groups is 2. The van der Waals surface area contributed by atoms with Crippen LogP contribution in [0.2, 0.25) is 0 Å². The standard InChI is InChI=1S/C19H19F2N5O2/c1-4-25(10-16(27)24-17-14(20)6-5-7-15(17)21)19(28)13-9-22-26-12(3)8-11(2)23-18(13)26/h5-9H,4,10H2,1-3H3,(H,24,27). The Bertz CT molecular complexity index is 1040. The number of para-hydroxylation sites is 1. The average molecular weight is 387 g/mol. The molecule has 2 heterocycles. The summed E-state index contributed by atoms with van der Waals surface area (Å²) < 4.78 is 29.0. The van der Waals surface area contributed by atoms with Crippen molar-refractivity contribution in [3.63, 3.8) is 0 Å². The molecule has 1 aromatic carbocycles. The summed E-state index contributed by atoms with van der Waals surface area (Å²) >= 11 is 0. The van der Waals surface area contributed by atoms with Crippen molar-refractivity contribution < 1.29 is 18.4 Å². The summed E-state index contributed by atoms with van der Waals surface area (Å²) in [6, 6.07) is 5.11. The van der Waals surface area contributed by atoms with Crippen LogP contribution in [0.1, 0.15) is 28.7 Å². The highest BCUT2D eigenvalue weighted by atomic mass is 19.1. The highest BCUT2D eigenvalue weighted by Crippen LogP contribution is 2.18. The van der Waals surface area contributed by atoms with Gasteiger partial charge in [-0.1, -0.05) is 6.07 Å². The molecule has 3 rings (SSSR count). The first-order valence-corrected chi connectivity index (χ1v) is 8.67. The number of amides is 2. The van der Waals surface area contributed by atoms with E-state index in [2.05, 4.69) is 15.4 Å². The van der Waals surface area contributed by atoms with Gasteiger partial charge in [0.05, 0.1) is 6.20 Å². The van der Waals surface area contributed by atoms with Gasteiger partial charge in [0.25, 0.3) is 5.91 Å². The Morgan fingerprint density at radius 2 is 1.89 bits per heavy atom. The maximum atomic E-state index is 13.7. The minimum absolute atomic E-state index is 0.216. The second-order valence-electron chi connectivity index (χ2n) is 6.30. The number of rotatable bonds is 5. The van der Waals surface area contributed by atoms with Crippen molar-refractivity contribution in [3.05, 3.63) is 59.0 Å². The van der Waals surface area contributed by atoms with Gasteiger partial charge in [-0.15, -0.1) is 0 Å². The zero-order chi connectivity index (χ0) is 20.4. The van der Waals surface area contributed by atoms with Gasteiger partial charge in [0, 0.05) is 17.9 Å². The van der Waals surface area contributed by atoms with Gasteiger partial charge in [-0.2, -0.15) is 5.10 Å². The smallest absolute Gasteiger partial charge is 0.259 e. The first kappa shape index (κ1) is 19.4. The SMILES string of the molecule is CCN(CC(=O)Nc1c(F)cccc1F)C(=O)c1cnn2c(C)cc(C)nc12. The first-order chi connectivity index (χ1) is 13.3. The molecule has 0 aliphatic heterocycles. The minimum Gasteiger partial charge on any atom is -0.329 e. The van der Waals surface area contributed by atoms with E-state index in [1.54, 1.807) is 11.4 Å². The van der Waals surface area contributed by atoms with Crippen LogP contribution in [0.15, 0.2) is 30.5 Å². The summed E-state index contributed by atoms with van der Waals surface area (Å²) in [4.78, 5) is 30.8. The monoisotopic (exact) mass is 387 g/mol. The third-order valence-corrected chi connectivity index (χ3v) is 4.24. The molecule has 9 heteroatoms. The predicted octanol–water partition coefficient (Wildman–Crippen LogP) is 2.73. The fourth-order valence-electron chi connectivity index (χ4n) is 2.89. The largest absolute Gasteiger partial charge is 0.329 e. The van der Waals surface area contributed by atoms with Gasteiger partial charge in [0.2, 0.25) is 5.91 Å². The van der Waals surface area contributed by atoms with Gasteiger partial charge in [-0.05, 0) is 39.0 Å². The molecule has 0 saturated heterocycles. The molecular weight excluding hydrogens is 368 g/mol. The van der Waals surface area contributed by atoms with Crippen LogP contribution in [0, 0.1) is 25.5 Å². The predicted molar refractivity (Wildman–Crippen MR) is 99.0 cm³/mol. The molecule has 146 valence electrons. The summed E-state index contributed by atoms with van der Waals surface area (Å²) in [7, 11) is 0. The number of halogens is 2. The van der Waals surface area contributed by atoms with Gasteiger partial charge < -0.3 is 10.2 Å². The number of benzene rings is 1. The van der Waals surface area contributed by atoms with E-state index in [4.69, 9.17) is 0 Å². The molecule has 2 aromatic heterocycles. The molecule has 0 unspecified atom stereocenters. The van der Waals surface area contributed by atoms with Crippen LogP contribution < -0.4 is 5.32 Å². The fraction of sp³-hybridized carbons (Fsp3) is 0.263. The number of hydrogen-bond donors (Lipinski definition) is 1. The van der Waals surface area contributed by atoms with Crippen LogP contribution >= 0.6 is 0 Å². The molecule has 0 aliphatic carbocycles. The molecule has 0 fully saturated rings. The molecule has 28 heavy (non-hydrogen) atoms. The molecular formula is C19H19F2N5O2. The molecule has 0 radical (unpaired) electrons. The molecule has 1 N–H and O–H groups in total. The second-order valence-corrected chi connectivity index (χ2v) is 6.30. The van der Waals surface area contributed by atoms with Crippen molar-refractivity contribution in [2.45, 2.75) is 20.8 Å². The third kappa shape index (κ3) is 3.68. The number of nitrogens with one attached hydrogen (secondary N) is 1. The van der Waals surface area contributed by atoms with Crippen molar-refractivity contribution in [1.82, 2.24) is 19.5 Å². The molecule has 0 aliphatic rings. The van der Waals surface area contributed by atoms with E-state index in [1.807, 2.05) is 19.9 Å². The van der Waals surface area contributed by atoms with Crippen molar-refractivity contribution in [1.29, 1.82) is 0 Å². The third-order valence-electron chi connectivity index (χ3n) is 4.24. The quantitative estimate of drug-likeness (QED) is 0.730. The number of aromatic nitrogens is 3. The molecule has 0 spiro atoms. The molecule has 2 amide bonds. The summed E-state index contributed by atoms with van der Waals surface area (Å²) in [5.74, 6) is -2.93. The Balaban J connectivity index is 1.82. The lowest BCUT2D eigenvalue weighted by Gasteiger charge is -2.20. The number of nitrogens with zero attached hydrogens (tertiary/aromatic N) is 4. The van der Waals surface area contributed by atoms with E-state index in [-0.39, 0.29) is 18.7 Å². The van der Waals surface area contributed by atoms with Crippen LogP contribution in [-0.2, 0) is 4.79 Å². The maximum Gasteiger partial charge on any atom is 0.259 e.